The van der Waals surface area contributed by atoms with Gasteiger partial charge in [-0.05, 0) is 31.7 Å². The van der Waals surface area contributed by atoms with Gasteiger partial charge in [0.2, 0.25) is 0 Å². The Morgan fingerprint density at radius 2 is 2.21 bits per heavy atom. The van der Waals surface area contributed by atoms with Crippen molar-refractivity contribution in [2.75, 3.05) is 26.3 Å². The van der Waals surface area contributed by atoms with E-state index in [0.717, 1.165) is 19.0 Å². The molecule has 0 amide bonds. The third-order valence-corrected chi connectivity index (χ3v) is 2.96. The Labute approximate surface area is 83.8 Å². The molecule has 0 aromatic carbocycles. The number of carboxylic acids is 1. The molecule has 2 rings (SSSR count). The summed E-state index contributed by atoms with van der Waals surface area (Å²) < 4.78 is 5.10. The van der Waals surface area contributed by atoms with Gasteiger partial charge in [-0.3, -0.25) is 0 Å². The maximum atomic E-state index is 10.2. The van der Waals surface area contributed by atoms with Gasteiger partial charge in [0.15, 0.2) is 0 Å². The molecule has 1 aliphatic carbocycles. The molecular formula is C10H17NO3. The summed E-state index contributed by atoms with van der Waals surface area (Å²) in [5.41, 5.74) is 0. The minimum atomic E-state index is -0.873. The van der Waals surface area contributed by atoms with Crippen molar-refractivity contribution in [3.8, 4) is 0 Å². The van der Waals surface area contributed by atoms with Crippen LogP contribution in [0.5, 0.6) is 0 Å². The molecule has 0 aromatic rings. The average molecular weight is 199 g/mol. The van der Waals surface area contributed by atoms with Gasteiger partial charge in [-0.25, -0.2) is 4.79 Å². The monoisotopic (exact) mass is 199 g/mol. The number of carboxylic acid groups (broad SMARTS) is 1. The molecule has 1 atom stereocenters. The Balaban J connectivity index is 1.60. The van der Waals surface area contributed by atoms with Crippen LogP contribution in [0.3, 0.4) is 0 Å². The van der Waals surface area contributed by atoms with E-state index in [0.29, 0.717) is 12.5 Å². The van der Waals surface area contributed by atoms with E-state index in [4.69, 9.17) is 9.84 Å². The molecule has 1 saturated carbocycles. The van der Waals surface area contributed by atoms with Crippen molar-refractivity contribution in [3.05, 3.63) is 0 Å². The SMILES string of the molecule is O=C(O)COCC1CCN(C2CC2)C1. The van der Waals surface area contributed by atoms with E-state index < -0.39 is 5.97 Å². The zero-order valence-electron chi connectivity index (χ0n) is 8.32. The Bertz CT molecular complexity index is 215. The number of aliphatic carboxylic acids is 1. The fourth-order valence-electron chi connectivity index (χ4n) is 2.08. The number of rotatable bonds is 5. The molecule has 4 nitrogen and oxygen atoms in total. The van der Waals surface area contributed by atoms with Crippen molar-refractivity contribution in [2.24, 2.45) is 5.92 Å². The van der Waals surface area contributed by atoms with Gasteiger partial charge in [-0.1, -0.05) is 0 Å². The lowest BCUT2D eigenvalue weighted by molar-refractivity contribution is -0.142. The molecule has 0 bridgehead atoms. The predicted molar refractivity (Wildman–Crippen MR) is 51.2 cm³/mol. The predicted octanol–water partition coefficient (Wildman–Crippen LogP) is 0.572. The maximum absolute atomic E-state index is 10.2. The molecule has 1 heterocycles. The van der Waals surface area contributed by atoms with E-state index in [1.165, 1.54) is 19.4 Å². The summed E-state index contributed by atoms with van der Waals surface area (Å²) in [4.78, 5) is 12.7. The lowest BCUT2D eigenvalue weighted by atomic mass is 10.1. The molecule has 4 heteroatoms. The van der Waals surface area contributed by atoms with Crippen LogP contribution in [0.4, 0.5) is 0 Å². The van der Waals surface area contributed by atoms with Crippen LogP contribution < -0.4 is 0 Å². The highest BCUT2D eigenvalue weighted by Gasteiger charge is 2.34. The van der Waals surface area contributed by atoms with Crippen LogP contribution in [0.25, 0.3) is 0 Å². The van der Waals surface area contributed by atoms with Crippen LogP contribution in [0.1, 0.15) is 19.3 Å². The first-order valence-corrected chi connectivity index (χ1v) is 5.29. The average Bonchev–Trinajstić information content (AvgIpc) is 2.87. The maximum Gasteiger partial charge on any atom is 0.329 e. The van der Waals surface area contributed by atoms with Crippen LogP contribution in [-0.4, -0.2) is 48.3 Å². The van der Waals surface area contributed by atoms with Crippen LogP contribution in [0.2, 0.25) is 0 Å². The summed E-state index contributed by atoms with van der Waals surface area (Å²) in [5, 5.41) is 8.40. The van der Waals surface area contributed by atoms with E-state index >= 15 is 0 Å². The van der Waals surface area contributed by atoms with E-state index in [9.17, 15) is 4.79 Å². The van der Waals surface area contributed by atoms with E-state index in [1.54, 1.807) is 0 Å². The fraction of sp³-hybridized carbons (Fsp3) is 0.900. The summed E-state index contributed by atoms with van der Waals surface area (Å²) in [5.74, 6) is -0.322. The normalized spacial score (nSPS) is 28.1. The first kappa shape index (κ1) is 9.93. The molecule has 0 spiro atoms. The van der Waals surface area contributed by atoms with Crippen molar-refractivity contribution in [2.45, 2.75) is 25.3 Å². The van der Waals surface area contributed by atoms with Crippen molar-refractivity contribution < 1.29 is 14.6 Å². The molecule has 80 valence electrons. The minimum Gasteiger partial charge on any atom is -0.480 e. The van der Waals surface area contributed by atoms with Gasteiger partial charge in [0, 0.05) is 12.6 Å². The summed E-state index contributed by atoms with van der Waals surface area (Å²) in [6.45, 7) is 2.73. The molecule has 14 heavy (non-hydrogen) atoms. The minimum absolute atomic E-state index is 0.153. The van der Waals surface area contributed by atoms with Crippen molar-refractivity contribution in [1.29, 1.82) is 0 Å². The van der Waals surface area contributed by atoms with E-state index in [2.05, 4.69) is 4.90 Å². The number of likely N-dealkylation sites (tertiary alicyclic amines) is 1. The molecule has 1 N–H and O–H groups in total. The van der Waals surface area contributed by atoms with Gasteiger partial charge in [-0.15, -0.1) is 0 Å². The van der Waals surface area contributed by atoms with Crippen LogP contribution in [-0.2, 0) is 9.53 Å². The Hall–Kier alpha value is -0.610. The summed E-state index contributed by atoms with van der Waals surface area (Å²) in [7, 11) is 0. The first-order chi connectivity index (χ1) is 6.75. The molecule has 1 unspecified atom stereocenters. The summed E-state index contributed by atoms with van der Waals surface area (Å²) in [6.07, 6.45) is 3.86. The number of carbonyl (C=O) groups is 1. The van der Waals surface area contributed by atoms with Gasteiger partial charge in [0.05, 0.1) is 6.61 Å². The fourth-order valence-corrected chi connectivity index (χ4v) is 2.08. The third kappa shape index (κ3) is 2.69. The van der Waals surface area contributed by atoms with Gasteiger partial charge in [0.25, 0.3) is 0 Å². The van der Waals surface area contributed by atoms with Crippen molar-refractivity contribution >= 4 is 5.97 Å². The second-order valence-corrected chi connectivity index (χ2v) is 4.29. The Kier molecular flexibility index (Phi) is 3.03. The highest BCUT2D eigenvalue weighted by atomic mass is 16.5. The van der Waals surface area contributed by atoms with Crippen molar-refractivity contribution in [3.63, 3.8) is 0 Å². The topological polar surface area (TPSA) is 49.8 Å². The molecule has 0 aromatic heterocycles. The molecular weight excluding hydrogens is 182 g/mol. The van der Waals surface area contributed by atoms with Crippen LogP contribution >= 0.6 is 0 Å². The Morgan fingerprint density at radius 1 is 1.43 bits per heavy atom. The van der Waals surface area contributed by atoms with E-state index in [1.807, 2.05) is 0 Å². The number of nitrogens with zero attached hydrogens (tertiary/aromatic N) is 1. The standard InChI is InChI=1S/C10H17NO3/c12-10(13)7-14-6-8-3-4-11(5-8)9-1-2-9/h8-9H,1-7H2,(H,12,13). The zero-order valence-corrected chi connectivity index (χ0v) is 8.32. The summed E-state index contributed by atoms with van der Waals surface area (Å²) >= 11 is 0. The van der Waals surface area contributed by atoms with Crippen LogP contribution in [0, 0.1) is 5.92 Å². The smallest absolute Gasteiger partial charge is 0.329 e. The number of hydrogen-bond acceptors (Lipinski definition) is 3. The molecule has 1 aliphatic heterocycles. The zero-order chi connectivity index (χ0) is 9.97. The quantitative estimate of drug-likeness (QED) is 0.703. The highest BCUT2D eigenvalue weighted by molar-refractivity contribution is 5.67. The molecule has 2 aliphatic rings. The second kappa shape index (κ2) is 4.28. The lowest BCUT2D eigenvalue weighted by Gasteiger charge is -2.14. The molecule has 1 saturated heterocycles. The van der Waals surface area contributed by atoms with Gasteiger partial charge >= 0.3 is 5.97 Å². The summed E-state index contributed by atoms with van der Waals surface area (Å²) in [6, 6.07) is 0.833. The first-order valence-electron chi connectivity index (χ1n) is 5.29. The van der Waals surface area contributed by atoms with Gasteiger partial charge < -0.3 is 14.7 Å². The lowest BCUT2D eigenvalue weighted by Crippen LogP contribution is -2.24. The second-order valence-electron chi connectivity index (χ2n) is 4.29. The van der Waals surface area contributed by atoms with Crippen molar-refractivity contribution in [1.82, 2.24) is 4.90 Å². The van der Waals surface area contributed by atoms with Crippen LogP contribution in [0.15, 0.2) is 0 Å². The van der Waals surface area contributed by atoms with Gasteiger partial charge in [-0.2, -0.15) is 0 Å². The Morgan fingerprint density at radius 3 is 2.86 bits per heavy atom. The third-order valence-electron chi connectivity index (χ3n) is 2.96. The molecule has 0 radical (unpaired) electrons. The number of ether oxygens (including phenoxy) is 1. The number of hydrogen-bond donors (Lipinski definition) is 1. The molecule has 2 fully saturated rings. The van der Waals surface area contributed by atoms with Gasteiger partial charge in [0.1, 0.15) is 6.61 Å². The highest BCUT2D eigenvalue weighted by Crippen LogP contribution is 2.31. The van der Waals surface area contributed by atoms with E-state index in [-0.39, 0.29) is 6.61 Å². The largest absolute Gasteiger partial charge is 0.480 e.